The second-order valence-corrected chi connectivity index (χ2v) is 4.07. The molecule has 0 spiro atoms. The molecular formula is C11H17N3. The van der Waals surface area contributed by atoms with Crippen molar-refractivity contribution in [3.05, 3.63) is 24.0 Å². The molecule has 1 unspecified atom stereocenters. The molecule has 3 nitrogen and oxygen atoms in total. The van der Waals surface area contributed by atoms with E-state index in [-0.39, 0.29) is 0 Å². The van der Waals surface area contributed by atoms with Crippen LogP contribution in [0.5, 0.6) is 0 Å². The van der Waals surface area contributed by atoms with Crippen LogP contribution in [0.1, 0.15) is 18.5 Å². The van der Waals surface area contributed by atoms with Crippen LogP contribution in [0.4, 0.5) is 5.69 Å². The maximum Gasteiger partial charge on any atom is 0.0393 e. The fraction of sp³-hybridized carbons (Fsp3) is 0.545. The van der Waals surface area contributed by atoms with E-state index < -0.39 is 0 Å². The summed E-state index contributed by atoms with van der Waals surface area (Å²) in [4.78, 5) is 4.14. The number of hydrogen-bond acceptors (Lipinski definition) is 3. The Hall–Kier alpha value is -1.09. The van der Waals surface area contributed by atoms with Gasteiger partial charge in [0.1, 0.15) is 0 Å². The largest absolute Gasteiger partial charge is 0.383 e. The van der Waals surface area contributed by atoms with Gasteiger partial charge in [0.25, 0.3) is 0 Å². The Morgan fingerprint density at radius 1 is 1.64 bits per heavy atom. The molecule has 1 aliphatic rings. The van der Waals surface area contributed by atoms with Crippen molar-refractivity contribution in [3.8, 4) is 0 Å². The summed E-state index contributed by atoms with van der Waals surface area (Å²) in [5, 5.41) is 3.34. The number of rotatable bonds is 4. The molecule has 0 saturated heterocycles. The van der Waals surface area contributed by atoms with Crippen molar-refractivity contribution < 1.29 is 0 Å². The van der Waals surface area contributed by atoms with Gasteiger partial charge >= 0.3 is 0 Å². The highest BCUT2D eigenvalue weighted by Crippen LogP contribution is 2.31. The van der Waals surface area contributed by atoms with Crippen LogP contribution in [0, 0.1) is 12.8 Å². The second kappa shape index (κ2) is 3.96. The molecule has 0 amide bonds. The van der Waals surface area contributed by atoms with Crippen molar-refractivity contribution in [1.82, 2.24) is 4.98 Å². The maximum absolute atomic E-state index is 5.99. The molecular weight excluding hydrogens is 174 g/mol. The van der Waals surface area contributed by atoms with Crippen molar-refractivity contribution in [1.29, 1.82) is 0 Å². The monoisotopic (exact) mass is 191 g/mol. The fourth-order valence-corrected chi connectivity index (χ4v) is 1.58. The first-order valence-electron chi connectivity index (χ1n) is 5.18. The Kier molecular flexibility index (Phi) is 2.68. The summed E-state index contributed by atoms with van der Waals surface area (Å²) >= 11 is 0. The average Bonchev–Trinajstić information content (AvgIpc) is 2.97. The van der Waals surface area contributed by atoms with E-state index in [1.807, 2.05) is 25.3 Å². The minimum atomic E-state index is 0.309. The molecule has 0 bridgehead atoms. The Labute approximate surface area is 84.7 Å². The van der Waals surface area contributed by atoms with Crippen molar-refractivity contribution >= 4 is 5.69 Å². The van der Waals surface area contributed by atoms with E-state index in [0.29, 0.717) is 6.04 Å². The van der Waals surface area contributed by atoms with E-state index in [4.69, 9.17) is 5.73 Å². The molecule has 1 heterocycles. The van der Waals surface area contributed by atoms with Crippen LogP contribution in [0.25, 0.3) is 0 Å². The summed E-state index contributed by atoms with van der Waals surface area (Å²) in [6.07, 6.45) is 4.43. The molecule has 3 N–H and O–H groups in total. The van der Waals surface area contributed by atoms with Gasteiger partial charge in [0, 0.05) is 30.2 Å². The van der Waals surface area contributed by atoms with Gasteiger partial charge in [-0.3, -0.25) is 4.98 Å². The van der Waals surface area contributed by atoms with Crippen LogP contribution in [-0.4, -0.2) is 17.6 Å². The average molecular weight is 191 g/mol. The lowest BCUT2D eigenvalue weighted by molar-refractivity contribution is 0.621. The molecule has 1 aliphatic carbocycles. The Morgan fingerprint density at radius 3 is 3.07 bits per heavy atom. The van der Waals surface area contributed by atoms with Crippen LogP contribution < -0.4 is 11.1 Å². The van der Waals surface area contributed by atoms with E-state index in [0.717, 1.165) is 23.8 Å². The number of aromatic nitrogens is 1. The lowest BCUT2D eigenvalue weighted by atomic mass is 10.2. The smallest absolute Gasteiger partial charge is 0.0393 e. The zero-order valence-electron chi connectivity index (χ0n) is 8.53. The molecule has 76 valence electrons. The van der Waals surface area contributed by atoms with Gasteiger partial charge in [-0.2, -0.15) is 0 Å². The van der Waals surface area contributed by atoms with Crippen molar-refractivity contribution in [2.45, 2.75) is 25.8 Å². The molecule has 0 radical (unpaired) electrons. The maximum atomic E-state index is 5.99. The Balaban J connectivity index is 1.84. The number of hydrogen-bond donors (Lipinski definition) is 2. The first-order chi connectivity index (χ1) is 6.75. The van der Waals surface area contributed by atoms with Crippen LogP contribution >= 0.6 is 0 Å². The lowest BCUT2D eigenvalue weighted by Crippen LogP contribution is -2.31. The van der Waals surface area contributed by atoms with Gasteiger partial charge < -0.3 is 11.1 Å². The van der Waals surface area contributed by atoms with Crippen molar-refractivity contribution in [2.24, 2.45) is 11.7 Å². The fourth-order valence-electron chi connectivity index (χ4n) is 1.58. The molecule has 1 aromatic rings. The van der Waals surface area contributed by atoms with Crippen molar-refractivity contribution in [3.63, 3.8) is 0 Å². The van der Waals surface area contributed by atoms with Crippen LogP contribution in [0.15, 0.2) is 18.3 Å². The minimum Gasteiger partial charge on any atom is -0.383 e. The standard InChI is InChI=1S/C11H17N3/c1-8-6-10(4-5-13-8)14-7-11(12)9-2-3-9/h4-6,9,11H,2-3,7,12H2,1H3,(H,13,14). The summed E-state index contributed by atoms with van der Waals surface area (Å²) in [7, 11) is 0. The third kappa shape index (κ3) is 2.45. The molecule has 0 aliphatic heterocycles. The van der Waals surface area contributed by atoms with E-state index in [1.54, 1.807) is 0 Å². The minimum absolute atomic E-state index is 0.309. The normalized spacial score (nSPS) is 17.9. The van der Waals surface area contributed by atoms with Gasteiger partial charge in [0.05, 0.1) is 0 Å². The lowest BCUT2D eigenvalue weighted by Gasteiger charge is -2.12. The Morgan fingerprint density at radius 2 is 2.43 bits per heavy atom. The zero-order chi connectivity index (χ0) is 9.97. The van der Waals surface area contributed by atoms with E-state index in [9.17, 15) is 0 Å². The van der Waals surface area contributed by atoms with E-state index >= 15 is 0 Å². The summed E-state index contributed by atoms with van der Waals surface area (Å²) in [5.74, 6) is 0.755. The van der Waals surface area contributed by atoms with Gasteiger partial charge in [0.2, 0.25) is 0 Å². The van der Waals surface area contributed by atoms with Gasteiger partial charge in [-0.25, -0.2) is 0 Å². The first kappa shape index (κ1) is 9.46. The highest BCUT2D eigenvalue weighted by molar-refractivity contribution is 5.43. The molecule has 1 aromatic heterocycles. The molecule has 1 saturated carbocycles. The third-order valence-corrected chi connectivity index (χ3v) is 2.67. The molecule has 2 rings (SSSR count). The van der Waals surface area contributed by atoms with Gasteiger partial charge in [-0.05, 0) is 37.8 Å². The topological polar surface area (TPSA) is 50.9 Å². The second-order valence-electron chi connectivity index (χ2n) is 4.07. The van der Waals surface area contributed by atoms with Gasteiger partial charge in [0.15, 0.2) is 0 Å². The molecule has 14 heavy (non-hydrogen) atoms. The Bertz CT molecular complexity index is 307. The molecule has 0 aromatic carbocycles. The third-order valence-electron chi connectivity index (χ3n) is 2.67. The number of nitrogens with two attached hydrogens (primary N) is 1. The summed E-state index contributed by atoms with van der Waals surface area (Å²) < 4.78 is 0. The predicted octanol–water partition coefficient (Wildman–Crippen LogP) is 1.54. The highest BCUT2D eigenvalue weighted by Gasteiger charge is 2.27. The SMILES string of the molecule is Cc1cc(NCC(N)C2CC2)ccn1. The highest BCUT2D eigenvalue weighted by atomic mass is 14.9. The predicted molar refractivity (Wildman–Crippen MR) is 58.2 cm³/mol. The number of pyridine rings is 1. The van der Waals surface area contributed by atoms with Gasteiger partial charge in [-0.1, -0.05) is 0 Å². The van der Waals surface area contributed by atoms with Crippen LogP contribution in [-0.2, 0) is 0 Å². The molecule has 3 heteroatoms. The summed E-state index contributed by atoms with van der Waals surface area (Å²) in [6, 6.07) is 4.33. The van der Waals surface area contributed by atoms with Crippen LogP contribution in [0.2, 0.25) is 0 Å². The summed E-state index contributed by atoms with van der Waals surface area (Å²) in [6.45, 7) is 2.86. The molecule has 1 atom stereocenters. The van der Waals surface area contributed by atoms with Gasteiger partial charge in [-0.15, -0.1) is 0 Å². The van der Waals surface area contributed by atoms with Crippen molar-refractivity contribution in [2.75, 3.05) is 11.9 Å². The first-order valence-corrected chi connectivity index (χ1v) is 5.18. The van der Waals surface area contributed by atoms with E-state index in [2.05, 4.69) is 10.3 Å². The number of anilines is 1. The number of aryl methyl sites for hydroxylation is 1. The molecule has 1 fully saturated rings. The number of nitrogens with one attached hydrogen (secondary N) is 1. The zero-order valence-corrected chi connectivity index (χ0v) is 8.53. The number of nitrogens with zero attached hydrogens (tertiary/aromatic N) is 1. The van der Waals surface area contributed by atoms with Crippen LogP contribution in [0.3, 0.4) is 0 Å². The van der Waals surface area contributed by atoms with E-state index in [1.165, 1.54) is 12.8 Å². The summed E-state index contributed by atoms with van der Waals surface area (Å²) in [5.41, 5.74) is 8.14. The quantitative estimate of drug-likeness (QED) is 0.759.